The van der Waals surface area contributed by atoms with Crippen molar-refractivity contribution in [2.45, 2.75) is 32.0 Å². The molecule has 7 heteroatoms. The average Bonchev–Trinajstić information content (AvgIpc) is 3.06. The van der Waals surface area contributed by atoms with Crippen LogP contribution in [0, 0.1) is 0 Å². The SMILES string of the molecule is Cn1nc(-c2ccc(CN3CCCCC3)s2)cc1C(F)(F)F. The van der Waals surface area contributed by atoms with Gasteiger partial charge in [0.25, 0.3) is 0 Å². The van der Waals surface area contributed by atoms with Crippen molar-refractivity contribution in [1.29, 1.82) is 0 Å². The lowest BCUT2D eigenvalue weighted by Gasteiger charge is -2.25. The molecule has 1 aliphatic heterocycles. The third-order valence-electron chi connectivity index (χ3n) is 3.91. The van der Waals surface area contributed by atoms with Gasteiger partial charge in [-0.25, -0.2) is 0 Å². The normalized spacial score (nSPS) is 17.1. The first kappa shape index (κ1) is 15.6. The predicted octanol–water partition coefficient (Wildman–Crippen LogP) is 4.15. The fourth-order valence-electron chi connectivity index (χ4n) is 2.79. The molecule has 3 nitrogen and oxygen atoms in total. The minimum atomic E-state index is -4.37. The van der Waals surface area contributed by atoms with E-state index < -0.39 is 11.9 Å². The molecule has 1 saturated heterocycles. The van der Waals surface area contributed by atoms with Crippen LogP contribution in [-0.4, -0.2) is 27.8 Å². The summed E-state index contributed by atoms with van der Waals surface area (Å²) in [6.45, 7) is 3.09. The van der Waals surface area contributed by atoms with E-state index in [1.165, 1.54) is 42.5 Å². The molecule has 3 heterocycles. The quantitative estimate of drug-likeness (QED) is 0.843. The Bertz CT molecular complexity index is 639. The molecule has 1 fully saturated rings. The van der Waals surface area contributed by atoms with Gasteiger partial charge in [0, 0.05) is 18.5 Å². The topological polar surface area (TPSA) is 21.1 Å². The Balaban J connectivity index is 1.76. The number of likely N-dealkylation sites (tertiary alicyclic amines) is 1. The minimum Gasteiger partial charge on any atom is -0.298 e. The number of aromatic nitrogens is 2. The van der Waals surface area contributed by atoms with Crippen LogP contribution in [0.1, 0.15) is 29.8 Å². The molecule has 1 aliphatic rings. The number of aryl methyl sites for hydroxylation is 1. The molecule has 0 aromatic carbocycles. The number of alkyl halides is 3. The zero-order valence-electron chi connectivity index (χ0n) is 12.4. The van der Waals surface area contributed by atoms with Gasteiger partial charge >= 0.3 is 6.18 Å². The van der Waals surface area contributed by atoms with E-state index in [1.54, 1.807) is 0 Å². The van der Waals surface area contributed by atoms with Crippen LogP contribution in [-0.2, 0) is 19.8 Å². The number of nitrogens with zero attached hydrogens (tertiary/aromatic N) is 3. The van der Waals surface area contributed by atoms with Gasteiger partial charge in [0.2, 0.25) is 0 Å². The van der Waals surface area contributed by atoms with Crippen molar-refractivity contribution in [3.8, 4) is 10.6 Å². The van der Waals surface area contributed by atoms with Crippen LogP contribution in [0.4, 0.5) is 13.2 Å². The summed E-state index contributed by atoms with van der Waals surface area (Å²) in [5, 5.41) is 4.00. The zero-order valence-corrected chi connectivity index (χ0v) is 13.2. The molecular weight excluding hydrogens is 311 g/mol. The van der Waals surface area contributed by atoms with Gasteiger partial charge in [-0.05, 0) is 44.1 Å². The van der Waals surface area contributed by atoms with Crippen LogP contribution in [0.2, 0.25) is 0 Å². The first-order valence-corrected chi connectivity index (χ1v) is 8.18. The Morgan fingerprint density at radius 3 is 2.55 bits per heavy atom. The molecule has 0 radical (unpaired) electrons. The zero-order chi connectivity index (χ0) is 15.7. The molecule has 0 unspecified atom stereocenters. The highest BCUT2D eigenvalue weighted by molar-refractivity contribution is 7.15. The first-order valence-electron chi connectivity index (χ1n) is 7.36. The largest absolute Gasteiger partial charge is 0.433 e. The maximum absolute atomic E-state index is 12.8. The highest BCUT2D eigenvalue weighted by atomic mass is 32.1. The Kier molecular flexibility index (Phi) is 4.27. The van der Waals surface area contributed by atoms with Gasteiger partial charge in [-0.2, -0.15) is 18.3 Å². The lowest BCUT2D eigenvalue weighted by molar-refractivity contribution is -0.143. The Morgan fingerprint density at radius 1 is 1.18 bits per heavy atom. The average molecular weight is 329 g/mol. The highest BCUT2D eigenvalue weighted by Crippen LogP contribution is 2.34. The van der Waals surface area contributed by atoms with Crippen molar-refractivity contribution in [3.63, 3.8) is 0 Å². The van der Waals surface area contributed by atoms with E-state index in [0.717, 1.165) is 35.3 Å². The van der Waals surface area contributed by atoms with E-state index in [2.05, 4.69) is 10.00 Å². The third-order valence-corrected chi connectivity index (χ3v) is 5.00. The highest BCUT2D eigenvalue weighted by Gasteiger charge is 2.35. The van der Waals surface area contributed by atoms with E-state index in [4.69, 9.17) is 0 Å². The molecule has 0 N–H and O–H groups in total. The van der Waals surface area contributed by atoms with E-state index in [9.17, 15) is 13.2 Å². The summed E-state index contributed by atoms with van der Waals surface area (Å²) >= 11 is 1.53. The van der Waals surface area contributed by atoms with Crippen molar-refractivity contribution in [3.05, 3.63) is 28.8 Å². The fraction of sp³-hybridized carbons (Fsp3) is 0.533. The molecule has 3 rings (SSSR count). The smallest absolute Gasteiger partial charge is 0.298 e. The van der Waals surface area contributed by atoms with Crippen molar-refractivity contribution < 1.29 is 13.2 Å². The lowest BCUT2D eigenvalue weighted by Crippen LogP contribution is -2.28. The molecule has 2 aromatic heterocycles. The predicted molar refractivity (Wildman–Crippen MR) is 80.7 cm³/mol. The Morgan fingerprint density at radius 2 is 1.91 bits per heavy atom. The van der Waals surface area contributed by atoms with Gasteiger partial charge in [-0.15, -0.1) is 11.3 Å². The van der Waals surface area contributed by atoms with E-state index in [0.29, 0.717) is 5.69 Å². The third kappa shape index (κ3) is 3.35. The van der Waals surface area contributed by atoms with Gasteiger partial charge in [0.05, 0.1) is 4.88 Å². The second kappa shape index (κ2) is 6.04. The number of halogens is 3. The molecular formula is C15H18F3N3S. The van der Waals surface area contributed by atoms with Gasteiger partial charge in [0.1, 0.15) is 11.4 Å². The van der Waals surface area contributed by atoms with Gasteiger partial charge in [-0.1, -0.05) is 6.42 Å². The molecule has 0 spiro atoms. The van der Waals surface area contributed by atoms with Crippen molar-refractivity contribution in [2.75, 3.05) is 13.1 Å². The van der Waals surface area contributed by atoms with Crippen molar-refractivity contribution in [2.24, 2.45) is 7.05 Å². The number of piperidine rings is 1. The molecule has 0 aliphatic carbocycles. The maximum atomic E-state index is 12.8. The second-order valence-corrected chi connectivity index (χ2v) is 6.81. The van der Waals surface area contributed by atoms with E-state index in [-0.39, 0.29) is 0 Å². The van der Waals surface area contributed by atoms with Crippen molar-refractivity contribution in [1.82, 2.24) is 14.7 Å². The van der Waals surface area contributed by atoms with Crippen LogP contribution in [0.5, 0.6) is 0 Å². The minimum absolute atomic E-state index is 0.393. The molecule has 22 heavy (non-hydrogen) atoms. The van der Waals surface area contributed by atoms with Crippen LogP contribution in [0.15, 0.2) is 18.2 Å². The molecule has 2 aromatic rings. The molecule has 0 saturated carbocycles. The molecule has 0 amide bonds. The number of thiophene rings is 1. The van der Waals surface area contributed by atoms with Crippen molar-refractivity contribution >= 4 is 11.3 Å². The summed E-state index contributed by atoms with van der Waals surface area (Å²) in [5.41, 5.74) is -0.321. The van der Waals surface area contributed by atoms with Gasteiger partial charge in [-0.3, -0.25) is 9.58 Å². The molecule has 0 atom stereocenters. The van der Waals surface area contributed by atoms with E-state index >= 15 is 0 Å². The fourth-order valence-corrected chi connectivity index (χ4v) is 3.80. The Labute approximate surface area is 131 Å². The number of hydrogen-bond acceptors (Lipinski definition) is 3. The van der Waals surface area contributed by atoms with Gasteiger partial charge in [0.15, 0.2) is 0 Å². The van der Waals surface area contributed by atoms with Crippen LogP contribution >= 0.6 is 11.3 Å². The number of hydrogen-bond donors (Lipinski definition) is 0. The van der Waals surface area contributed by atoms with E-state index in [1.807, 2.05) is 12.1 Å². The second-order valence-electron chi connectivity index (χ2n) is 5.64. The summed E-state index contributed by atoms with van der Waals surface area (Å²) in [7, 11) is 1.33. The molecule has 0 bridgehead atoms. The van der Waals surface area contributed by atoms with Crippen LogP contribution in [0.25, 0.3) is 10.6 Å². The van der Waals surface area contributed by atoms with Crippen LogP contribution in [0.3, 0.4) is 0 Å². The summed E-state index contributed by atoms with van der Waals surface area (Å²) < 4.78 is 39.4. The number of rotatable bonds is 3. The van der Waals surface area contributed by atoms with Crippen LogP contribution < -0.4 is 0 Å². The summed E-state index contributed by atoms with van der Waals surface area (Å²) in [6, 6.07) is 4.99. The molecule has 120 valence electrons. The monoisotopic (exact) mass is 329 g/mol. The summed E-state index contributed by atoms with van der Waals surface area (Å²) in [4.78, 5) is 4.37. The Hall–Kier alpha value is -1.34. The van der Waals surface area contributed by atoms with Gasteiger partial charge < -0.3 is 0 Å². The standard InChI is InChI=1S/C15H18F3N3S/c1-20-14(15(16,17)18)9-12(19-20)13-6-5-11(22-13)10-21-7-3-2-4-8-21/h5-6,9H,2-4,7-8,10H2,1H3. The maximum Gasteiger partial charge on any atom is 0.433 e. The summed E-state index contributed by atoms with van der Waals surface area (Å²) in [5.74, 6) is 0. The lowest BCUT2D eigenvalue weighted by atomic mass is 10.1. The first-order chi connectivity index (χ1) is 10.4. The summed E-state index contributed by atoms with van der Waals surface area (Å²) in [6.07, 6.45) is -0.616.